The second kappa shape index (κ2) is 2.79. The smallest absolute Gasteiger partial charge is 0.0913 e. The molecule has 1 aromatic rings. The molecule has 0 spiro atoms. The summed E-state index contributed by atoms with van der Waals surface area (Å²) in [6.07, 6.45) is 4.80. The lowest BCUT2D eigenvalue weighted by molar-refractivity contribution is 0.258. The molecule has 0 aliphatic carbocycles. The first-order chi connectivity index (χ1) is 5.47. The van der Waals surface area contributed by atoms with E-state index in [1.54, 1.807) is 6.26 Å². The van der Waals surface area contributed by atoms with Crippen LogP contribution in [0.2, 0.25) is 0 Å². The van der Waals surface area contributed by atoms with E-state index in [2.05, 4.69) is 24.3 Å². The molecule has 56 valence electrons. The van der Waals surface area contributed by atoms with Crippen LogP contribution in [0.5, 0.6) is 0 Å². The van der Waals surface area contributed by atoms with Crippen LogP contribution < -0.4 is 0 Å². The van der Waals surface area contributed by atoms with E-state index in [0.717, 1.165) is 13.0 Å². The maximum Gasteiger partial charge on any atom is 0.0913 e. The lowest BCUT2D eigenvalue weighted by Gasteiger charge is -1.99. The summed E-state index contributed by atoms with van der Waals surface area (Å²) in [7, 11) is 0. The van der Waals surface area contributed by atoms with Crippen molar-refractivity contribution in [2.45, 2.75) is 6.42 Å². The van der Waals surface area contributed by atoms with Gasteiger partial charge in [0.15, 0.2) is 0 Å². The van der Waals surface area contributed by atoms with Crippen LogP contribution in [0.3, 0.4) is 0 Å². The van der Waals surface area contributed by atoms with Gasteiger partial charge in [0.2, 0.25) is 0 Å². The van der Waals surface area contributed by atoms with Crippen molar-refractivity contribution in [2.75, 3.05) is 6.61 Å². The molecule has 1 aromatic carbocycles. The third-order valence-corrected chi connectivity index (χ3v) is 1.89. The summed E-state index contributed by atoms with van der Waals surface area (Å²) in [4.78, 5) is 0. The van der Waals surface area contributed by atoms with Crippen LogP contribution in [0.4, 0.5) is 0 Å². The lowest BCUT2D eigenvalue weighted by atomic mass is 10.1. The van der Waals surface area contributed by atoms with Gasteiger partial charge in [-0.3, -0.25) is 0 Å². The molecule has 0 aromatic heterocycles. The molecule has 2 rings (SSSR count). The first kappa shape index (κ1) is 6.47. The fraction of sp³-hybridized carbons (Fsp3) is 0.200. The standard InChI is InChI=1S/C10H10O/c1-2-4-10-6-8-11-7-5-9(10)3-1/h1-5,7H,6,8H2. The number of ether oxygens (including phenoxy) is 1. The zero-order chi connectivity index (χ0) is 7.52. The second-order valence-corrected chi connectivity index (χ2v) is 2.62. The Bertz CT molecular complexity index is 276. The van der Waals surface area contributed by atoms with Crippen molar-refractivity contribution in [1.29, 1.82) is 0 Å². The molecule has 0 fully saturated rings. The molecule has 0 saturated carbocycles. The number of hydrogen-bond donors (Lipinski definition) is 0. The van der Waals surface area contributed by atoms with Crippen molar-refractivity contribution >= 4 is 6.08 Å². The maximum absolute atomic E-state index is 5.20. The molecule has 0 N–H and O–H groups in total. The molecule has 1 heteroatoms. The first-order valence-corrected chi connectivity index (χ1v) is 3.83. The van der Waals surface area contributed by atoms with Crippen LogP contribution in [-0.2, 0) is 11.2 Å². The predicted octanol–water partition coefficient (Wildman–Crippen LogP) is 2.23. The molecule has 1 nitrogen and oxygen atoms in total. The number of fused-ring (bicyclic) bond motifs is 1. The maximum atomic E-state index is 5.20. The Morgan fingerprint density at radius 1 is 1.18 bits per heavy atom. The second-order valence-electron chi connectivity index (χ2n) is 2.62. The normalized spacial score (nSPS) is 14.9. The Kier molecular flexibility index (Phi) is 1.64. The number of rotatable bonds is 0. The van der Waals surface area contributed by atoms with Crippen LogP contribution >= 0.6 is 0 Å². The third-order valence-electron chi connectivity index (χ3n) is 1.89. The summed E-state index contributed by atoms with van der Waals surface area (Å²) in [6, 6.07) is 8.38. The van der Waals surface area contributed by atoms with Crippen LogP contribution in [0.1, 0.15) is 11.1 Å². The van der Waals surface area contributed by atoms with E-state index in [1.165, 1.54) is 11.1 Å². The summed E-state index contributed by atoms with van der Waals surface area (Å²) in [5, 5.41) is 0. The molecule has 1 aliphatic rings. The predicted molar refractivity (Wildman–Crippen MR) is 45.1 cm³/mol. The van der Waals surface area contributed by atoms with Gasteiger partial charge in [-0.15, -0.1) is 0 Å². The Balaban J connectivity index is 2.45. The molecule has 0 saturated heterocycles. The molecule has 0 atom stereocenters. The molecule has 0 radical (unpaired) electrons. The summed E-state index contributed by atoms with van der Waals surface area (Å²) in [6.45, 7) is 0.799. The summed E-state index contributed by atoms with van der Waals surface area (Å²) >= 11 is 0. The van der Waals surface area contributed by atoms with E-state index < -0.39 is 0 Å². The monoisotopic (exact) mass is 146 g/mol. The molecule has 0 unspecified atom stereocenters. The van der Waals surface area contributed by atoms with Gasteiger partial charge in [0, 0.05) is 6.42 Å². The minimum atomic E-state index is 0.799. The van der Waals surface area contributed by atoms with Gasteiger partial charge >= 0.3 is 0 Å². The highest BCUT2D eigenvalue weighted by atomic mass is 16.5. The van der Waals surface area contributed by atoms with Crippen molar-refractivity contribution in [3.8, 4) is 0 Å². The van der Waals surface area contributed by atoms with E-state index in [1.807, 2.05) is 6.08 Å². The number of benzene rings is 1. The van der Waals surface area contributed by atoms with Gasteiger partial charge in [0.1, 0.15) is 0 Å². The topological polar surface area (TPSA) is 9.23 Å². The summed E-state index contributed by atoms with van der Waals surface area (Å²) in [5.74, 6) is 0. The molecular formula is C10H10O. The van der Waals surface area contributed by atoms with E-state index in [9.17, 15) is 0 Å². The van der Waals surface area contributed by atoms with Gasteiger partial charge in [-0.2, -0.15) is 0 Å². The highest BCUT2D eigenvalue weighted by Gasteiger charge is 2.00. The Morgan fingerprint density at radius 3 is 3.09 bits per heavy atom. The largest absolute Gasteiger partial charge is 0.501 e. The Labute approximate surface area is 66.3 Å². The zero-order valence-electron chi connectivity index (χ0n) is 6.29. The van der Waals surface area contributed by atoms with Gasteiger partial charge in [-0.1, -0.05) is 24.3 Å². The molecule has 0 bridgehead atoms. The molecular weight excluding hydrogens is 136 g/mol. The van der Waals surface area contributed by atoms with E-state index in [-0.39, 0.29) is 0 Å². The van der Waals surface area contributed by atoms with Crippen molar-refractivity contribution in [3.63, 3.8) is 0 Å². The Morgan fingerprint density at radius 2 is 2.09 bits per heavy atom. The fourth-order valence-electron chi connectivity index (χ4n) is 1.28. The quantitative estimate of drug-likeness (QED) is 0.545. The highest BCUT2D eigenvalue weighted by molar-refractivity contribution is 5.53. The van der Waals surface area contributed by atoms with Crippen LogP contribution in [0.15, 0.2) is 30.5 Å². The minimum absolute atomic E-state index is 0.799. The summed E-state index contributed by atoms with van der Waals surface area (Å²) < 4.78 is 5.20. The molecule has 11 heavy (non-hydrogen) atoms. The van der Waals surface area contributed by atoms with Gasteiger partial charge in [-0.05, 0) is 17.2 Å². The minimum Gasteiger partial charge on any atom is -0.501 e. The lowest BCUT2D eigenvalue weighted by Crippen LogP contribution is -1.92. The van der Waals surface area contributed by atoms with Gasteiger partial charge in [-0.25, -0.2) is 0 Å². The highest BCUT2D eigenvalue weighted by Crippen LogP contribution is 2.14. The van der Waals surface area contributed by atoms with Crippen molar-refractivity contribution in [2.24, 2.45) is 0 Å². The van der Waals surface area contributed by atoms with Crippen LogP contribution in [0, 0.1) is 0 Å². The third kappa shape index (κ3) is 1.27. The fourth-order valence-corrected chi connectivity index (χ4v) is 1.28. The van der Waals surface area contributed by atoms with Gasteiger partial charge in [0.25, 0.3) is 0 Å². The van der Waals surface area contributed by atoms with E-state index in [4.69, 9.17) is 4.74 Å². The SMILES string of the molecule is C1=Cc2ccccc2CCO1. The van der Waals surface area contributed by atoms with Gasteiger partial charge < -0.3 is 4.74 Å². The number of hydrogen-bond acceptors (Lipinski definition) is 1. The molecule has 0 amide bonds. The van der Waals surface area contributed by atoms with Crippen molar-refractivity contribution < 1.29 is 4.74 Å². The molecule has 1 aliphatic heterocycles. The summed E-state index contributed by atoms with van der Waals surface area (Å²) in [5.41, 5.74) is 2.66. The van der Waals surface area contributed by atoms with Crippen molar-refractivity contribution in [1.82, 2.24) is 0 Å². The van der Waals surface area contributed by atoms with Crippen LogP contribution in [-0.4, -0.2) is 6.61 Å². The zero-order valence-corrected chi connectivity index (χ0v) is 6.29. The van der Waals surface area contributed by atoms with Crippen LogP contribution in [0.25, 0.3) is 6.08 Å². The van der Waals surface area contributed by atoms with E-state index in [0.29, 0.717) is 0 Å². The average molecular weight is 146 g/mol. The van der Waals surface area contributed by atoms with Crippen molar-refractivity contribution in [3.05, 3.63) is 41.7 Å². The first-order valence-electron chi connectivity index (χ1n) is 3.83. The van der Waals surface area contributed by atoms with E-state index >= 15 is 0 Å². The Hall–Kier alpha value is -1.24. The molecule has 1 heterocycles. The van der Waals surface area contributed by atoms with Gasteiger partial charge in [0.05, 0.1) is 12.9 Å². The average Bonchev–Trinajstić information content (AvgIpc) is 2.28.